The second-order valence-electron chi connectivity index (χ2n) is 6.26. The number of thiophene rings is 1. The SMILES string of the molecule is Cn1cnc2c1C(C(=O)N1CC=CC1)CN(Cc1ccsc1)C2. The highest BCUT2D eigenvalue weighted by Gasteiger charge is 2.36. The summed E-state index contributed by atoms with van der Waals surface area (Å²) < 4.78 is 2.02. The molecule has 0 spiro atoms. The Morgan fingerprint density at radius 2 is 2.22 bits per heavy atom. The smallest absolute Gasteiger partial charge is 0.233 e. The summed E-state index contributed by atoms with van der Waals surface area (Å²) in [5, 5.41) is 4.28. The van der Waals surface area contributed by atoms with E-state index in [1.54, 1.807) is 11.3 Å². The average Bonchev–Trinajstić information content (AvgIpc) is 3.28. The Labute approximate surface area is 139 Å². The van der Waals surface area contributed by atoms with E-state index in [0.717, 1.165) is 44.1 Å². The van der Waals surface area contributed by atoms with E-state index in [4.69, 9.17) is 0 Å². The van der Waals surface area contributed by atoms with Crippen LogP contribution in [0, 0.1) is 0 Å². The van der Waals surface area contributed by atoms with E-state index in [0.29, 0.717) is 0 Å². The number of hydrogen-bond donors (Lipinski definition) is 0. The van der Waals surface area contributed by atoms with Crippen molar-refractivity contribution in [3.63, 3.8) is 0 Å². The lowest BCUT2D eigenvalue weighted by Gasteiger charge is -2.34. The molecule has 0 N–H and O–H groups in total. The molecule has 0 aromatic carbocycles. The molecule has 2 aliphatic rings. The summed E-state index contributed by atoms with van der Waals surface area (Å²) in [5.74, 6) is 0.0969. The van der Waals surface area contributed by atoms with Gasteiger partial charge >= 0.3 is 0 Å². The van der Waals surface area contributed by atoms with E-state index in [2.05, 4.69) is 38.9 Å². The van der Waals surface area contributed by atoms with E-state index >= 15 is 0 Å². The third-order valence-electron chi connectivity index (χ3n) is 4.62. The first-order chi connectivity index (χ1) is 11.2. The van der Waals surface area contributed by atoms with E-state index in [1.807, 2.05) is 22.8 Å². The maximum absolute atomic E-state index is 13.0. The topological polar surface area (TPSA) is 41.4 Å². The van der Waals surface area contributed by atoms with E-state index in [1.165, 1.54) is 5.56 Å². The van der Waals surface area contributed by atoms with Gasteiger partial charge in [0, 0.05) is 39.8 Å². The van der Waals surface area contributed by atoms with Gasteiger partial charge in [-0.2, -0.15) is 11.3 Å². The number of carbonyl (C=O) groups excluding carboxylic acids is 1. The molecule has 1 atom stereocenters. The van der Waals surface area contributed by atoms with Crippen molar-refractivity contribution in [1.29, 1.82) is 0 Å². The van der Waals surface area contributed by atoms with Crippen molar-refractivity contribution in [2.75, 3.05) is 19.6 Å². The first-order valence-corrected chi connectivity index (χ1v) is 8.84. The number of hydrogen-bond acceptors (Lipinski definition) is 4. The van der Waals surface area contributed by atoms with E-state index < -0.39 is 0 Å². The van der Waals surface area contributed by atoms with Gasteiger partial charge in [-0.3, -0.25) is 9.69 Å². The lowest BCUT2D eigenvalue weighted by Crippen LogP contribution is -2.43. The summed E-state index contributed by atoms with van der Waals surface area (Å²) in [6.45, 7) is 3.91. The van der Waals surface area contributed by atoms with E-state index in [9.17, 15) is 4.79 Å². The van der Waals surface area contributed by atoms with Crippen LogP contribution < -0.4 is 0 Å². The van der Waals surface area contributed by atoms with Crippen molar-refractivity contribution in [3.8, 4) is 0 Å². The number of aromatic nitrogens is 2. The summed E-state index contributed by atoms with van der Waals surface area (Å²) in [5.41, 5.74) is 3.44. The zero-order valence-electron chi connectivity index (χ0n) is 13.2. The van der Waals surface area contributed by atoms with Gasteiger partial charge in [0.1, 0.15) is 0 Å². The molecule has 2 aliphatic heterocycles. The van der Waals surface area contributed by atoms with Crippen LogP contribution in [0.1, 0.15) is 22.9 Å². The highest BCUT2D eigenvalue weighted by Crippen LogP contribution is 2.30. The van der Waals surface area contributed by atoms with E-state index in [-0.39, 0.29) is 11.8 Å². The van der Waals surface area contributed by atoms with Crippen LogP contribution in [0.5, 0.6) is 0 Å². The first kappa shape index (κ1) is 14.7. The van der Waals surface area contributed by atoms with Gasteiger partial charge in [0.25, 0.3) is 0 Å². The molecule has 0 fully saturated rings. The normalized spacial score (nSPS) is 20.9. The Hall–Kier alpha value is -1.92. The van der Waals surface area contributed by atoms with Gasteiger partial charge in [-0.1, -0.05) is 12.2 Å². The highest BCUT2D eigenvalue weighted by atomic mass is 32.1. The minimum absolute atomic E-state index is 0.121. The highest BCUT2D eigenvalue weighted by molar-refractivity contribution is 7.07. The van der Waals surface area contributed by atoms with Crippen molar-refractivity contribution in [2.45, 2.75) is 19.0 Å². The zero-order chi connectivity index (χ0) is 15.8. The number of carbonyl (C=O) groups is 1. The van der Waals surface area contributed by atoms with Crippen molar-refractivity contribution >= 4 is 17.2 Å². The molecule has 6 heteroatoms. The Morgan fingerprint density at radius 1 is 1.39 bits per heavy atom. The van der Waals surface area contributed by atoms with Gasteiger partial charge < -0.3 is 9.47 Å². The molecule has 23 heavy (non-hydrogen) atoms. The number of nitrogens with zero attached hydrogens (tertiary/aromatic N) is 4. The molecule has 1 unspecified atom stereocenters. The van der Waals surface area contributed by atoms with Crippen molar-refractivity contribution < 1.29 is 4.79 Å². The number of aryl methyl sites for hydroxylation is 1. The monoisotopic (exact) mass is 328 g/mol. The number of rotatable bonds is 3. The summed E-state index contributed by atoms with van der Waals surface area (Å²) in [6, 6.07) is 2.15. The van der Waals surface area contributed by atoms with Crippen LogP contribution in [0.4, 0.5) is 0 Å². The summed E-state index contributed by atoms with van der Waals surface area (Å²) in [7, 11) is 1.99. The van der Waals surface area contributed by atoms with Gasteiger partial charge in [-0.25, -0.2) is 4.98 Å². The Kier molecular flexibility index (Phi) is 3.79. The molecule has 4 rings (SSSR count). The van der Waals surface area contributed by atoms with Crippen molar-refractivity contribution in [2.24, 2.45) is 7.05 Å². The molecule has 120 valence electrons. The molecule has 0 radical (unpaired) electrons. The number of imidazole rings is 1. The van der Waals surface area contributed by atoms with Gasteiger partial charge in [-0.05, 0) is 22.4 Å². The molecule has 0 bridgehead atoms. The molecule has 0 aliphatic carbocycles. The molecule has 2 aromatic rings. The van der Waals surface area contributed by atoms with Crippen LogP contribution in [0.3, 0.4) is 0 Å². The molecule has 5 nitrogen and oxygen atoms in total. The fraction of sp³-hybridized carbons (Fsp3) is 0.412. The largest absolute Gasteiger partial charge is 0.337 e. The molecule has 2 aromatic heterocycles. The fourth-order valence-corrected chi connectivity index (χ4v) is 4.17. The Bertz CT molecular complexity index is 726. The summed E-state index contributed by atoms with van der Waals surface area (Å²) in [4.78, 5) is 21.8. The van der Waals surface area contributed by atoms with Crippen LogP contribution >= 0.6 is 11.3 Å². The fourth-order valence-electron chi connectivity index (χ4n) is 3.51. The molecular weight excluding hydrogens is 308 g/mol. The minimum atomic E-state index is -0.121. The minimum Gasteiger partial charge on any atom is -0.337 e. The van der Waals surface area contributed by atoms with Gasteiger partial charge in [0.2, 0.25) is 5.91 Å². The van der Waals surface area contributed by atoms with Crippen LogP contribution in [0.25, 0.3) is 0 Å². The van der Waals surface area contributed by atoms with Gasteiger partial charge in [0.15, 0.2) is 0 Å². The lowest BCUT2D eigenvalue weighted by molar-refractivity contribution is -0.132. The second kappa shape index (κ2) is 5.94. The summed E-state index contributed by atoms with van der Waals surface area (Å²) >= 11 is 1.72. The quantitative estimate of drug-likeness (QED) is 0.809. The number of fused-ring (bicyclic) bond motifs is 1. The van der Waals surface area contributed by atoms with Crippen molar-refractivity contribution in [1.82, 2.24) is 19.4 Å². The predicted octanol–water partition coefficient (Wildman–Crippen LogP) is 1.98. The predicted molar refractivity (Wildman–Crippen MR) is 90.1 cm³/mol. The first-order valence-electron chi connectivity index (χ1n) is 7.89. The van der Waals surface area contributed by atoms with Crippen LogP contribution in [0.2, 0.25) is 0 Å². The second-order valence-corrected chi connectivity index (χ2v) is 7.04. The molecular formula is C17H20N4OS. The van der Waals surface area contributed by atoms with Crippen LogP contribution in [-0.2, 0) is 24.9 Å². The standard InChI is InChI=1S/C17H20N4OS/c1-19-12-18-15-10-20(8-13-4-7-23-11-13)9-14(16(15)19)17(22)21-5-2-3-6-21/h2-4,7,11-12,14H,5-6,8-10H2,1H3. The van der Waals surface area contributed by atoms with Gasteiger partial charge in [0.05, 0.1) is 23.6 Å². The zero-order valence-corrected chi connectivity index (χ0v) is 14.0. The maximum atomic E-state index is 13.0. The van der Waals surface area contributed by atoms with Crippen LogP contribution in [0.15, 0.2) is 35.3 Å². The molecule has 0 saturated carbocycles. The van der Waals surface area contributed by atoms with Gasteiger partial charge in [-0.15, -0.1) is 0 Å². The molecule has 4 heterocycles. The third-order valence-corrected chi connectivity index (χ3v) is 5.35. The van der Waals surface area contributed by atoms with Crippen LogP contribution in [-0.4, -0.2) is 44.9 Å². The Morgan fingerprint density at radius 3 is 2.96 bits per heavy atom. The number of amides is 1. The summed E-state index contributed by atoms with van der Waals surface area (Å²) in [6.07, 6.45) is 5.96. The van der Waals surface area contributed by atoms with Crippen molar-refractivity contribution in [3.05, 3.63) is 52.3 Å². The maximum Gasteiger partial charge on any atom is 0.233 e. The Balaban J connectivity index is 1.60. The molecule has 0 saturated heterocycles. The average molecular weight is 328 g/mol. The molecule has 1 amide bonds. The third kappa shape index (κ3) is 2.72. The lowest BCUT2D eigenvalue weighted by atomic mass is 9.96.